The Balaban J connectivity index is 2.20. The molecule has 25 heavy (non-hydrogen) atoms. The van der Waals surface area contributed by atoms with Crippen LogP contribution in [0.25, 0.3) is 0 Å². The quantitative estimate of drug-likeness (QED) is 0.561. The Morgan fingerprint density at radius 1 is 1.20 bits per heavy atom. The lowest BCUT2D eigenvalue weighted by molar-refractivity contribution is 0.277. The van der Waals surface area contributed by atoms with Crippen molar-refractivity contribution in [2.24, 2.45) is 10.9 Å². The maximum atomic E-state index is 10.7. The Labute approximate surface area is 148 Å². The molecule has 2 heterocycles. The van der Waals surface area contributed by atoms with Crippen LogP contribution in [0.3, 0.4) is 0 Å². The standard InChI is InChI=1S/C19H25N5O/c1-15-10-16(2)18(22-11-15)13-24(9-4-3-7-20)14-19-17(12-23-25)6-5-8-21-19/h3-6,8,10-11H,7,9,12-14,20H2,1-2H3/b4-3-. The summed E-state index contributed by atoms with van der Waals surface area (Å²) in [5.41, 5.74) is 10.6. The fourth-order valence-electron chi connectivity index (χ4n) is 2.66. The van der Waals surface area contributed by atoms with E-state index in [4.69, 9.17) is 5.73 Å². The number of hydrogen-bond donors (Lipinski definition) is 1. The van der Waals surface area contributed by atoms with Gasteiger partial charge < -0.3 is 5.73 Å². The van der Waals surface area contributed by atoms with Gasteiger partial charge in [0.15, 0.2) is 0 Å². The summed E-state index contributed by atoms with van der Waals surface area (Å²) in [6.45, 7) is 6.82. The van der Waals surface area contributed by atoms with Gasteiger partial charge in [0, 0.05) is 38.6 Å². The van der Waals surface area contributed by atoms with Gasteiger partial charge in [0.25, 0.3) is 0 Å². The van der Waals surface area contributed by atoms with Crippen molar-refractivity contribution in [3.05, 3.63) is 75.7 Å². The van der Waals surface area contributed by atoms with Gasteiger partial charge in [-0.1, -0.05) is 29.5 Å². The molecule has 0 aliphatic carbocycles. The summed E-state index contributed by atoms with van der Waals surface area (Å²) >= 11 is 0. The third-order valence-corrected chi connectivity index (χ3v) is 3.96. The van der Waals surface area contributed by atoms with Crippen LogP contribution >= 0.6 is 0 Å². The van der Waals surface area contributed by atoms with Crippen LogP contribution < -0.4 is 5.73 Å². The zero-order valence-electron chi connectivity index (χ0n) is 14.9. The van der Waals surface area contributed by atoms with Crippen molar-refractivity contribution < 1.29 is 0 Å². The van der Waals surface area contributed by atoms with E-state index >= 15 is 0 Å². The first-order valence-electron chi connectivity index (χ1n) is 8.35. The third kappa shape index (κ3) is 5.85. The Kier molecular flexibility index (Phi) is 7.37. The molecular weight excluding hydrogens is 314 g/mol. The minimum absolute atomic E-state index is 0.136. The second kappa shape index (κ2) is 9.76. The second-order valence-corrected chi connectivity index (χ2v) is 6.05. The summed E-state index contributed by atoms with van der Waals surface area (Å²) in [7, 11) is 0. The molecule has 0 spiro atoms. The first kappa shape index (κ1) is 18.9. The normalized spacial score (nSPS) is 11.4. The molecule has 0 unspecified atom stereocenters. The molecule has 0 bridgehead atoms. The lowest BCUT2D eigenvalue weighted by Crippen LogP contribution is -2.25. The van der Waals surface area contributed by atoms with Crippen molar-refractivity contribution in [2.75, 3.05) is 13.1 Å². The van der Waals surface area contributed by atoms with Gasteiger partial charge in [-0.3, -0.25) is 14.9 Å². The number of aromatic nitrogens is 2. The number of nitrogens with zero attached hydrogens (tertiary/aromatic N) is 4. The van der Waals surface area contributed by atoms with Gasteiger partial charge in [-0.15, -0.1) is 0 Å². The predicted molar refractivity (Wildman–Crippen MR) is 99.8 cm³/mol. The van der Waals surface area contributed by atoms with Gasteiger partial charge in [-0.2, -0.15) is 4.91 Å². The van der Waals surface area contributed by atoms with Crippen LogP contribution in [0.1, 0.15) is 28.1 Å². The van der Waals surface area contributed by atoms with Crippen LogP contribution in [0.4, 0.5) is 0 Å². The molecule has 0 aliphatic heterocycles. The van der Waals surface area contributed by atoms with Crippen LogP contribution in [0.5, 0.6) is 0 Å². The third-order valence-electron chi connectivity index (χ3n) is 3.96. The highest BCUT2D eigenvalue weighted by atomic mass is 16.3. The number of nitrogens with two attached hydrogens (primary N) is 1. The smallest absolute Gasteiger partial charge is 0.108 e. The average molecular weight is 339 g/mol. The largest absolute Gasteiger partial charge is 0.327 e. The zero-order chi connectivity index (χ0) is 18.1. The first-order valence-corrected chi connectivity index (χ1v) is 8.35. The maximum Gasteiger partial charge on any atom is 0.108 e. The van der Waals surface area contributed by atoms with Crippen LogP contribution in [0.15, 0.2) is 47.9 Å². The van der Waals surface area contributed by atoms with E-state index in [9.17, 15) is 4.91 Å². The molecule has 6 heteroatoms. The monoisotopic (exact) mass is 339 g/mol. The molecule has 0 amide bonds. The van der Waals surface area contributed by atoms with E-state index < -0.39 is 0 Å². The predicted octanol–water partition coefficient (Wildman–Crippen LogP) is 2.88. The van der Waals surface area contributed by atoms with E-state index in [-0.39, 0.29) is 6.54 Å². The highest BCUT2D eigenvalue weighted by Gasteiger charge is 2.12. The van der Waals surface area contributed by atoms with Crippen molar-refractivity contribution in [3.8, 4) is 0 Å². The van der Waals surface area contributed by atoms with Crippen molar-refractivity contribution >= 4 is 0 Å². The first-order chi connectivity index (χ1) is 12.1. The summed E-state index contributed by atoms with van der Waals surface area (Å²) in [6, 6.07) is 5.86. The molecule has 2 aromatic heterocycles. The molecule has 0 saturated heterocycles. The summed E-state index contributed by atoms with van der Waals surface area (Å²) in [5.74, 6) is 0. The Morgan fingerprint density at radius 3 is 2.72 bits per heavy atom. The number of rotatable bonds is 9. The second-order valence-electron chi connectivity index (χ2n) is 6.05. The van der Waals surface area contributed by atoms with Crippen molar-refractivity contribution in [1.82, 2.24) is 14.9 Å². The van der Waals surface area contributed by atoms with E-state index in [0.717, 1.165) is 29.1 Å². The van der Waals surface area contributed by atoms with E-state index in [1.54, 1.807) is 6.20 Å². The average Bonchev–Trinajstić information content (AvgIpc) is 2.59. The lowest BCUT2D eigenvalue weighted by atomic mass is 10.1. The van der Waals surface area contributed by atoms with E-state index in [2.05, 4.69) is 33.0 Å². The van der Waals surface area contributed by atoms with Gasteiger partial charge in [-0.25, -0.2) is 0 Å². The van der Waals surface area contributed by atoms with Crippen LogP contribution in [-0.2, 0) is 19.6 Å². The highest BCUT2D eigenvalue weighted by molar-refractivity contribution is 5.24. The van der Waals surface area contributed by atoms with Gasteiger partial charge in [-0.05, 0) is 36.6 Å². The van der Waals surface area contributed by atoms with Gasteiger partial charge in [0.2, 0.25) is 0 Å². The molecule has 0 fully saturated rings. The number of aryl methyl sites for hydroxylation is 2. The van der Waals surface area contributed by atoms with Crippen molar-refractivity contribution in [1.29, 1.82) is 0 Å². The Morgan fingerprint density at radius 2 is 2.00 bits per heavy atom. The zero-order valence-corrected chi connectivity index (χ0v) is 14.9. The lowest BCUT2D eigenvalue weighted by Gasteiger charge is -2.22. The fourth-order valence-corrected chi connectivity index (χ4v) is 2.66. The van der Waals surface area contributed by atoms with Crippen LogP contribution in [0, 0.1) is 18.8 Å². The van der Waals surface area contributed by atoms with Gasteiger partial charge >= 0.3 is 0 Å². The molecule has 0 atom stereocenters. The maximum absolute atomic E-state index is 10.7. The van der Waals surface area contributed by atoms with Crippen LogP contribution in [0.2, 0.25) is 0 Å². The SMILES string of the molecule is Cc1cnc(CN(C/C=C\CN)Cc2ncccc2CN=O)c(C)c1. The number of pyridine rings is 2. The Bertz CT molecular complexity index is 730. The molecular formula is C19H25N5O. The molecule has 0 radical (unpaired) electrons. The molecule has 0 saturated carbocycles. The van der Waals surface area contributed by atoms with Gasteiger partial charge in [0.05, 0.1) is 11.4 Å². The molecule has 2 N–H and O–H groups in total. The van der Waals surface area contributed by atoms with Crippen LogP contribution in [-0.4, -0.2) is 28.0 Å². The van der Waals surface area contributed by atoms with Crippen molar-refractivity contribution in [2.45, 2.75) is 33.5 Å². The minimum atomic E-state index is 0.136. The van der Waals surface area contributed by atoms with E-state index in [0.29, 0.717) is 19.6 Å². The topological polar surface area (TPSA) is 84.5 Å². The van der Waals surface area contributed by atoms with Crippen molar-refractivity contribution in [3.63, 3.8) is 0 Å². The number of hydrogen-bond acceptors (Lipinski definition) is 6. The molecule has 0 aromatic carbocycles. The molecule has 2 rings (SSSR count). The molecule has 6 nitrogen and oxygen atoms in total. The fraction of sp³-hybridized carbons (Fsp3) is 0.368. The summed E-state index contributed by atoms with van der Waals surface area (Å²) < 4.78 is 0. The summed E-state index contributed by atoms with van der Waals surface area (Å²) in [4.78, 5) is 21.9. The highest BCUT2D eigenvalue weighted by Crippen LogP contribution is 2.15. The van der Waals surface area contributed by atoms with Gasteiger partial charge in [0.1, 0.15) is 6.54 Å². The summed E-state index contributed by atoms with van der Waals surface area (Å²) in [5, 5.41) is 3.01. The molecule has 2 aromatic rings. The number of nitroso groups, excluding NO2 is 1. The van der Waals surface area contributed by atoms with E-state index in [1.165, 1.54) is 5.56 Å². The molecule has 132 valence electrons. The summed E-state index contributed by atoms with van der Waals surface area (Å²) in [6.07, 6.45) is 7.62. The molecule has 0 aliphatic rings. The Hall–Kier alpha value is -2.44. The minimum Gasteiger partial charge on any atom is -0.327 e. The van der Waals surface area contributed by atoms with E-state index in [1.807, 2.05) is 37.4 Å².